The van der Waals surface area contributed by atoms with E-state index in [1.165, 1.54) is 44.9 Å². The van der Waals surface area contributed by atoms with E-state index in [1.807, 2.05) is 12.1 Å². The third kappa shape index (κ3) is 2.72. The molecule has 0 radical (unpaired) electrons. The molecule has 2 fully saturated rings. The molecule has 1 saturated heterocycles. The first-order chi connectivity index (χ1) is 9.72. The molecule has 3 rings (SSSR count). The Balaban J connectivity index is 1.75. The molecule has 1 aromatic rings. The van der Waals surface area contributed by atoms with Gasteiger partial charge in [0, 0.05) is 17.6 Å². The summed E-state index contributed by atoms with van der Waals surface area (Å²) in [6.45, 7) is 2.20. The van der Waals surface area contributed by atoms with Crippen molar-refractivity contribution in [3.05, 3.63) is 28.2 Å². The Morgan fingerprint density at radius 3 is 2.40 bits per heavy atom. The van der Waals surface area contributed by atoms with Crippen molar-refractivity contribution in [3.8, 4) is 6.07 Å². The summed E-state index contributed by atoms with van der Waals surface area (Å²) in [5.74, 6) is 0. The van der Waals surface area contributed by atoms with Crippen LogP contribution in [0.3, 0.4) is 0 Å². The van der Waals surface area contributed by atoms with Gasteiger partial charge in [0.25, 0.3) is 0 Å². The molecule has 3 heteroatoms. The first-order valence-electron chi connectivity index (χ1n) is 7.67. The maximum atomic E-state index is 9.29. The third-order valence-corrected chi connectivity index (χ3v) is 5.65. The van der Waals surface area contributed by atoms with Gasteiger partial charge in [-0.25, -0.2) is 0 Å². The summed E-state index contributed by atoms with van der Waals surface area (Å²) >= 11 is 3.53. The second-order valence-electron chi connectivity index (χ2n) is 6.32. The molecule has 0 atom stereocenters. The van der Waals surface area contributed by atoms with E-state index in [0.29, 0.717) is 5.41 Å². The average molecular weight is 333 g/mol. The Hall–Kier alpha value is -1.01. The number of hydrogen-bond donors (Lipinski definition) is 0. The molecule has 1 aromatic carbocycles. The predicted octanol–water partition coefficient (Wildman–Crippen LogP) is 4.87. The van der Waals surface area contributed by atoms with Gasteiger partial charge in [-0.3, -0.25) is 0 Å². The SMILES string of the molecule is N#Cc1ccc(Br)cc1N1CCC2(CCCCC2)CC1. The van der Waals surface area contributed by atoms with Crippen molar-refractivity contribution in [2.75, 3.05) is 18.0 Å². The maximum absolute atomic E-state index is 9.29. The summed E-state index contributed by atoms with van der Waals surface area (Å²) in [6.07, 6.45) is 9.69. The lowest BCUT2D eigenvalue weighted by Gasteiger charge is -2.45. The monoisotopic (exact) mass is 332 g/mol. The fraction of sp³-hybridized carbons (Fsp3) is 0.588. The zero-order chi connectivity index (χ0) is 14.0. The molecule has 1 aliphatic carbocycles. The molecule has 0 aromatic heterocycles. The first kappa shape index (κ1) is 13.9. The van der Waals surface area contributed by atoms with E-state index in [0.717, 1.165) is 28.8 Å². The Labute approximate surface area is 129 Å². The van der Waals surface area contributed by atoms with E-state index in [1.54, 1.807) is 0 Å². The van der Waals surface area contributed by atoms with Crippen molar-refractivity contribution in [1.29, 1.82) is 5.26 Å². The fourth-order valence-electron chi connectivity index (χ4n) is 3.88. The quantitative estimate of drug-likeness (QED) is 0.733. The van der Waals surface area contributed by atoms with Gasteiger partial charge in [-0.1, -0.05) is 35.2 Å². The number of nitriles is 1. The van der Waals surface area contributed by atoms with Gasteiger partial charge in [-0.05, 0) is 49.3 Å². The van der Waals surface area contributed by atoms with E-state index in [4.69, 9.17) is 0 Å². The Bertz CT molecular complexity index is 516. The van der Waals surface area contributed by atoms with Gasteiger partial charge < -0.3 is 4.90 Å². The Kier molecular flexibility index (Phi) is 4.03. The summed E-state index contributed by atoms with van der Waals surface area (Å²) in [4.78, 5) is 2.41. The smallest absolute Gasteiger partial charge is 0.101 e. The summed E-state index contributed by atoms with van der Waals surface area (Å²) in [5, 5.41) is 9.29. The number of hydrogen-bond acceptors (Lipinski definition) is 2. The largest absolute Gasteiger partial charge is 0.370 e. The summed E-state index contributed by atoms with van der Waals surface area (Å²) in [6, 6.07) is 8.30. The van der Waals surface area contributed by atoms with E-state index < -0.39 is 0 Å². The van der Waals surface area contributed by atoms with Gasteiger partial charge in [-0.15, -0.1) is 0 Å². The van der Waals surface area contributed by atoms with E-state index in [-0.39, 0.29) is 0 Å². The van der Waals surface area contributed by atoms with Crippen molar-refractivity contribution < 1.29 is 0 Å². The van der Waals surface area contributed by atoms with Gasteiger partial charge in [0.15, 0.2) is 0 Å². The van der Waals surface area contributed by atoms with Crippen LogP contribution in [0.1, 0.15) is 50.5 Å². The molecular weight excluding hydrogens is 312 g/mol. The zero-order valence-electron chi connectivity index (χ0n) is 11.9. The standard InChI is InChI=1S/C17H21BrN2/c18-15-5-4-14(13-19)16(12-15)20-10-8-17(9-11-20)6-2-1-3-7-17/h4-5,12H,1-3,6-11H2. The van der Waals surface area contributed by atoms with Crippen molar-refractivity contribution in [2.45, 2.75) is 44.9 Å². The molecule has 0 bridgehead atoms. The highest BCUT2D eigenvalue weighted by molar-refractivity contribution is 9.10. The second-order valence-corrected chi connectivity index (χ2v) is 7.24. The highest BCUT2D eigenvalue weighted by atomic mass is 79.9. The van der Waals surface area contributed by atoms with Crippen LogP contribution in [0.4, 0.5) is 5.69 Å². The van der Waals surface area contributed by atoms with Crippen molar-refractivity contribution >= 4 is 21.6 Å². The molecule has 2 aliphatic rings. The minimum Gasteiger partial charge on any atom is -0.370 e. The van der Waals surface area contributed by atoms with E-state index >= 15 is 0 Å². The third-order valence-electron chi connectivity index (χ3n) is 5.16. The molecule has 0 amide bonds. The lowest BCUT2D eigenvalue weighted by atomic mass is 9.68. The van der Waals surface area contributed by atoms with E-state index in [2.05, 4.69) is 33.0 Å². The van der Waals surface area contributed by atoms with Crippen LogP contribution < -0.4 is 4.90 Å². The number of benzene rings is 1. The summed E-state index contributed by atoms with van der Waals surface area (Å²) in [7, 11) is 0. The molecule has 1 saturated carbocycles. The van der Waals surface area contributed by atoms with Crippen LogP contribution in [0.2, 0.25) is 0 Å². The number of nitrogens with zero attached hydrogens (tertiary/aromatic N) is 2. The Morgan fingerprint density at radius 1 is 1.05 bits per heavy atom. The van der Waals surface area contributed by atoms with Crippen LogP contribution in [0, 0.1) is 16.7 Å². The van der Waals surface area contributed by atoms with Crippen molar-refractivity contribution in [2.24, 2.45) is 5.41 Å². The molecule has 106 valence electrons. The number of anilines is 1. The minimum atomic E-state index is 0.619. The van der Waals surface area contributed by atoms with E-state index in [9.17, 15) is 5.26 Å². The van der Waals surface area contributed by atoms with Crippen molar-refractivity contribution in [3.63, 3.8) is 0 Å². The topological polar surface area (TPSA) is 27.0 Å². The molecule has 20 heavy (non-hydrogen) atoms. The van der Waals surface area contributed by atoms with Gasteiger partial charge in [0.05, 0.1) is 11.3 Å². The van der Waals surface area contributed by atoms with Gasteiger partial charge >= 0.3 is 0 Å². The van der Waals surface area contributed by atoms with Crippen LogP contribution >= 0.6 is 15.9 Å². The van der Waals surface area contributed by atoms with Crippen LogP contribution in [0.5, 0.6) is 0 Å². The molecule has 1 heterocycles. The number of halogens is 1. The normalized spacial score (nSPS) is 21.7. The molecule has 0 N–H and O–H groups in total. The van der Waals surface area contributed by atoms with Crippen molar-refractivity contribution in [1.82, 2.24) is 0 Å². The second kappa shape index (κ2) is 5.77. The summed E-state index contributed by atoms with van der Waals surface area (Å²) in [5.41, 5.74) is 2.52. The van der Waals surface area contributed by atoms with Gasteiger partial charge in [-0.2, -0.15) is 5.26 Å². The van der Waals surface area contributed by atoms with Crippen LogP contribution in [0.15, 0.2) is 22.7 Å². The molecule has 1 spiro atoms. The molecule has 1 aliphatic heterocycles. The lowest BCUT2D eigenvalue weighted by Crippen LogP contribution is -2.41. The molecule has 0 unspecified atom stereocenters. The van der Waals surface area contributed by atoms with Gasteiger partial charge in [0.2, 0.25) is 0 Å². The van der Waals surface area contributed by atoms with Crippen LogP contribution in [-0.2, 0) is 0 Å². The highest BCUT2D eigenvalue weighted by Gasteiger charge is 2.35. The molecular formula is C17H21BrN2. The van der Waals surface area contributed by atoms with Crippen LogP contribution in [-0.4, -0.2) is 13.1 Å². The van der Waals surface area contributed by atoms with Crippen LogP contribution in [0.25, 0.3) is 0 Å². The first-order valence-corrected chi connectivity index (χ1v) is 8.46. The predicted molar refractivity (Wildman–Crippen MR) is 85.8 cm³/mol. The van der Waals surface area contributed by atoms with Gasteiger partial charge in [0.1, 0.15) is 6.07 Å². The minimum absolute atomic E-state index is 0.619. The number of rotatable bonds is 1. The fourth-order valence-corrected chi connectivity index (χ4v) is 4.23. The Morgan fingerprint density at radius 2 is 1.75 bits per heavy atom. The zero-order valence-corrected chi connectivity index (χ0v) is 13.5. The number of piperidine rings is 1. The molecule has 2 nitrogen and oxygen atoms in total. The highest BCUT2D eigenvalue weighted by Crippen LogP contribution is 2.45. The maximum Gasteiger partial charge on any atom is 0.101 e. The lowest BCUT2D eigenvalue weighted by molar-refractivity contribution is 0.144. The summed E-state index contributed by atoms with van der Waals surface area (Å²) < 4.78 is 1.06. The average Bonchev–Trinajstić information content (AvgIpc) is 2.49.